The lowest BCUT2D eigenvalue weighted by Crippen LogP contribution is -2.55. The van der Waals surface area contributed by atoms with Gasteiger partial charge in [0.05, 0.1) is 30.8 Å². The second-order valence-corrected chi connectivity index (χ2v) is 17.0. The largest absolute Gasteiger partial charge is 0.490 e. The monoisotopic (exact) mass is 710 g/mol. The number of ether oxygens (including phenoxy) is 2. The van der Waals surface area contributed by atoms with Gasteiger partial charge in [0.25, 0.3) is 5.91 Å². The number of nitrogens with one attached hydrogen (secondary N) is 1. The molecule has 4 aliphatic heterocycles. The van der Waals surface area contributed by atoms with Crippen LogP contribution in [-0.4, -0.2) is 99.9 Å². The molecular formula is C37H47ClN4O6S. The summed E-state index contributed by atoms with van der Waals surface area (Å²) in [6, 6.07) is 11.0. The number of rotatable bonds is 1. The summed E-state index contributed by atoms with van der Waals surface area (Å²) in [5.41, 5.74) is 3.18. The number of nitrogens with zero attached hydrogens (tertiary/aromatic N) is 3. The van der Waals surface area contributed by atoms with Crippen LogP contribution in [0, 0.1) is 5.92 Å². The van der Waals surface area contributed by atoms with Crippen LogP contribution in [0.4, 0.5) is 5.69 Å². The van der Waals surface area contributed by atoms with E-state index < -0.39 is 27.2 Å². The molecule has 2 aromatic rings. The molecule has 0 saturated carbocycles. The van der Waals surface area contributed by atoms with Gasteiger partial charge >= 0.3 is 0 Å². The number of aryl methyl sites for hydroxylation is 1. The number of carbonyl (C=O) groups excluding carboxylic acids is 2. The van der Waals surface area contributed by atoms with Gasteiger partial charge < -0.3 is 19.3 Å². The Balaban J connectivity index is 1.32. The lowest BCUT2D eigenvalue weighted by molar-refractivity contribution is -0.139. The van der Waals surface area contributed by atoms with E-state index in [2.05, 4.69) is 26.7 Å². The van der Waals surface area contributed by atoms with E-state index >= 15 is 0 Å². The molecule has 264 valence electrons. The smallest absolute Gasteiger partial charge is 0.264 e. The Morgan fingerprint density at radius 2 is 1.88 bits per heavy atom. The number of hydrogen-bond acceptors (Lipinski definition) is 8. The maximum atomic E-state index is 14.2. The third-order valence-corrected chi connectivity index (χ3v) is 13.6. The Bertz CT molecular complexity index is 1730. The number of amides is 2. The fourth-order valence-corrected chi connectivity index (χ4v) is 9.92. The van der Waals surface area contributed by atoms with E-state index in [0.717, 1.165) is 49.4 Å². The lowest BCUT2D eigenvalue weighted by Gasteiger charge is -2.42. The van der Waals surface area contributed by atoms with Gasteiger partial charge in [0.15, 0.2) is 0 Å². The summed E-state index contributed by atoms with van der Waals surface area (Å²) in [7, 11) is -3.99. The van der Waals surface area contributed by atoms with Crippen LogP contribution >= 0.6 is 11.6 Å². The number of hydrogen-bond donors (Lipinski definition) is 1. The average molecular weight is 711 g/mol. The first-order valence-corrected chi connectivity index (χ1v) is 19.6. The average Bonchev–Trinajstić information content (AvgIpc) is 3.49. The first kappa shape index (κ1) is 34.3. The molecule has 5 atom stereocenters. The molecule has 2 bridgehead atoms. The summed E-state index contributed by atoms with van der Waals surface area (Å²) in [6.07, 6.45) is 9.17. The fourth-order valence-electron chi connectivity index (χ4n) is 8.44. The van der Waals surface area contributed by atoms with Crippen LogP contribution in [0.1, 0.15) is 67.4 Å². The fraction of sp³-hybridized carbons (Fsp3) is 0.568. The van der Waals surface area contributed by atoms with Gasteiger partial charge in [-0.25, -0.2) is 13.1 Å². The van der Waals surface area contributed by atoms with Gasteiger partial charge in [-0.1, -0.05) is 36.7 Å². The molecule has 2 amide bonds. The van der Waals surface area contributed by atoms with Crippen LogP contribution in [-0.2, 0) is 31.4 Å². The highest BCUT2D eigenvalue weighted by Crippen LogP contribution is 2.45. The molecule has 10 nitrogen and oxygen atoms in total. The molecule has 7 rings (SSSR count). The van der Waals surface area contributed by atoms with Gasteiger partial charge in [-0.15, -0.1) is 0 Å². The number of carbonyl (C=O) groups is 2. The van der Waals surface area contributed by atoms with Gasteiger partial charge in [0, 0.05) is 48.2 Å². The minimum atomic E-state index is -3.99. The normalized spacial score (nSPS) is 31.2. The van der Waals surface area contributed by atoms with Crippen molar-refractivity contribution in [1.82, 2.24) is 14.5 Å². The molecule has 0 radical (unpaired) electrons. The molecule has 2 fully saturated rings. The quantitative estimate of drug-likeness (QED) is 0.430. The maximum Gasteiger partial charge on any atom is 0.264 e. The number of halogens is 1. The van der Waals surface area contributed by atoms with Gasteiger partial charge in [-0.3, -0.25) is 14.5 Å². The summed E-state index contributed by atoms with van der Waals surface area (Å²) in [4.78, 5) is 34.4. The van der Waals surface area contributed by atoms with Crippen molar-refractivity contribution in [2.75, 3.05) is 57.4 Å². The number of fused-ring (bicyclic) bond motifs is 4. The van der Waals surface area contributed by atoms with Crippen LogP contribution in [0.25, 0.3) is 0 Å². The zero-order valence-electron chi connectivity index (χ0n) is 28.4. The topological polar surface area (TPSA) is 108 Å². The number of sulfonamides is 1. The Hall–Kier alpha value is -3.12. The number of morpholine rings is 1. The molecular weight excluding hydrogens is 664 g/mol. The van der Waals surface area contributed by atoms with E-state index in [1.165, 1.54) is 11.1 Å². The van der Waals surface area contributed by atoms with Crippen molar-refractivity contribution < 1.29 is 27.5 Å². The van der Waals surface area contributed by atoms with Gasteiger partial charge in [0.2, 0.25) is 15.9 Å². The van der Waals surface area contributed by atoms with E-state index in [1.54, 1.807) is 25.1 Å². The lowest BCUT2D eigenvalue weighted by atomic mass is 9.70. The van der Waals surface area contributed by atoms with Gasteiger partial charge in [0.1, 0.15) is 11.8 Å². The molecule has 1 spiro atoms. The summed E-state index contributed by atoms with van der Waals surface area (Å²) < 4.78 is 41.5. The molecule has 0 unspecified atom stereocenters. The highest BCUT2D eigenvalue weighted by Gasteiger charge is 2.44. The van der Waals surface area contributed by atoms with Crippen molar-refractivity contribution >= 4 is 39.1 Å². The minimum Gasteiger partial charge on any atom is -0.490 e. The zero-order valence-corrected chi connectivity index (χ0v) is 30.0. The molecule has 49 heavy (non-hydrogen) atoms. The van der Waals surface area contributed by atoms with Crippen molar-refractivity contribution in [1.29, 1.82) is 0 Å². The van der Waals surface area contributed by atoms with Crippen molar-refractivity contribution in [3.05, 3.63) is 70.3 Å². The van der Waals surface area contributed by atoms with E-state index in [1.807, 2.05) is 30.0 Å². The maximum absolute atomic E-state index is 14.2. The molecule has 5 aliphatic rings. The molecule has 0 aromatic heterocycles. The summed E-state index contributed by atoms with van der Waals surface area (Å²) in [6.45, 7) is 8.16. The standard InChI is InChI=1S/C37H47ClN4O6S/c1-25-6-3-9-32(36(44)40-16-18-47-19-17-40)42-15-5-8-30(42)22-41-23-37(14-4-7-27-20-29(38)11-12-31(27)37)24-48-34-13-10-28(21-33(34)41)35(43)39-49(45,46)26(25)2/h3,9-13,20-21,25-26,30,32H,4-8,14-19,22-24H2,1-2H3,(H,39,43)/b9-3+/t25-,26+,30-,32+,37-/m0/s1. The van der Waals surface area contributed by atoms with Gasteiger partial charge in [-0.05, 0) is 99.4 Å². The second-order valence-electron chi connectivity index (χ2n) is 14.5. The number of benzene rings is 2. The van der Waals surface area contributed by atoms with Crippen molar-refractivity contribution in [3.8, 4) is 5.75 Å². The first-order chi connectivity index (χ1) is 23.5. The van der Waals surface area contributed by atoms with Crippen molar-refractivity contribution in [3.63, 3.8) is 0 Å². The van der Waals surface area contributed by atoms with Crippen LogP contribution in [0.2, 0.25) is 5.02 Å². The van der Waals surface area contributed by atoms with Gasteiger partial charge in [-0.2, -0.15) is 0 Å². The summed E-state index contributed by atoms with van der Waals surface area (Å²) in [5, 5.41) is -0.110. The van der Waals surface area contributed by atoms with E-state index in [-0.39, 0.29) is 28.8 Å². The van der Waals surface area contributed by atoms with E-state index in [0.29, 0.717) is 58.2 Å². The Morgan fingerprint density at radius 3 is 2.69 bits per heavy atom. The summed E-state index contributed by atoms with van der Waals surface area (Å²) >= 11 is 6.46. The van der Waals surface area contributed by atoms with E-state index in [9.17, 15) is 18.0 Å². The van der Waals surface area contributed by atoms with Crippen molar-refractivity contribution in [2.24, 2.45) is 5.92 Å². The number of allylic oxidation sites excluding steroid dienone is 1. The number of anilines is 1. The third kappa shape index (κ3) is 6.83. The van der Waals surface area contributed by atoms with E-state index in [4.69, 9.17) is 21.1 Å². The van der Waals surface area contributed by atoms with Crippen LogP contribution in [0.15, 0.2) is 48.6 Å². The third-order valence-electron chi connectivity index (χ3n) is 11.4. The van der Waals surface area contributed by atoms with Crippen LogP contribution in [0.3, 0.4) is 0 Å². The van der Waals surface area contributed by atoms with Crippen LogP contribution < -0.4 is 14.4 Å². The molecule has 4 heterocycles. The molecule has 12 heteroatoms. The zero-order chi connectivity index (χ0) is 34.3. The molecule has 1 N–H and O–H groups in total. The SMILES string of the molecule is C[C@@H]1[C@@H](C)C/C=C/[C@H](C(=O)N2CCOCC2)N2CCC[C@H]2CN2C[C@@]3(CCCc4cc(Cl)ccc43)COc3ccc(cc32)C(=O)NS1(=O)=O. The predicted molar refractivity (Wildman–Crippen MR) is 190 cm³/mol. The minimum absolute atomic E-state index is 0.0598. The molecule has 2 saturated heterocycles. The van der Waals surface area contributed by atoms with Crippen LogP contribution in [0.5, 0.6) is 5.75 Å². The molecule has 2 aromatic carbocycles. The molecule has 1 aliphatic carbocycles. The Morgan fingerprint density at radius 1 is 1.06 bits per heavy atom. The highest BCUT2D eigenvalue weighted by atomic mass is 35.5. The summed E-state index contributed by atoms with van der Waals surface area (Å²) in [5.74, 6) is -0.224. The first-order valence-electron chi connectivity index (χ1n) is 17.7. The Kier molecular flexibility index (Phi) is 9.73. The predicted octanol–water partition coefficient (Wildman–Crippen LogP) is 4.55. The second kappa shape index (κ2) is 13.9. The highest BCUT2D eigenvalue weighted by molar-refractivity contribution is 7.90. The Labute approximate surface area is 294 Å². The van der Waals surface area contributed by atoms with Crippen molar-refractivity contribution in [2.45, 2.75) is 75.1 Å².